The molecule has 2 heterocycles. The normalized spacial score (nSPS) is 14.6. The lowest BCUT2D eigenvalue weighted by Crippen LogP contribution is -2.25. The van der Waals surface area contributed by atoms with E-state index in [2.05, 4.69) is 5.32 Å². The highest BCUT2D eigenvalue weighted by molar-refractivity contribution is 6.17. The summed E-state index contributed by atoms with van der Waals surface area (Å²) in [7, 11) is 3.28. The molecule has 0 saturated carbocycles. The van der Waals surface area contributed by atoms with E-state index in [1.54, 1.807) is 38.6 Å². The Hall–Kier alpha value is -3.74. The van der Waals surface area contributed by atoms with Gasteiger partial charge in [0.2, 0.25) is 5.91 Å². The Morgan fingerprint density at radius 3 is 2.56 bits per heavy atom. The molecule has 1 aliphatic heterocycles. The van der Waals surface area contributed by atoms with Crippen LogP contribution < -0.4 is 15.6 Å². The van der Waals surface area contributed by atoms with Crippen molar-refractivity contribution in [1.29, 1.82) is 0 Å². The molecule has 1 aliphatic rings. The Balaban J connectivity index is 2.02. The standard InChI is InChI=1S/C25H24FN3O3/c1-4-27-23(30)13-22-19-12-24(31)29(2)14-21(19)18-10-9-17(32-3)11-20(18)25(28-22)15-5-7-16(26)8-6-15/h5-12,14,22H,4,13H2,1-3H3,(H,27,30). The summed E-state index contributed by atoms with van der Waals surface area (Å²) >= 11 is 0. The average molecular weight is 433 g/mol. The quantitative estimate of drug-likeness (QED) is 0.668. The number of pyridine rings is 1. The fourth-order valence-corrected chi connectivity index (χ4v) is 3.96. The van der Waals surface area contributed by atoms with Gasteiger partial charge in [0.15, 0.2) is 0 Å². The molecule has 0 bridgehead atoms. The first-order chi connectivity index (χ1) is 15.4. The van der Waals surface area contributed by atoms with Crippen LogP contribution in [0.25, 0.3) is 11.1 Å². The minimum absolute atomic E-state index is 0.0871. The number of nitrogens with one attached hydrogen (secondary N) is 1. The van der Waals surface area contributed by atoms with Gasteiger partial charge in [-0.2, -0.15) is 0 Å². The van der Waals surface area contributed by atoms with Crippen LogP contribution in [-0.4, -0.2) is 29.8 Å². The predicted molar refractivity (Wildman–Crippen MR) is 122 cm³/mol. The van der Waals surface area contributed by atoms with Crippen molar-refractivity contribution in [3.63, 3.8) is 0 Å². The molecule has 7 heteroatoms. The van der Waals surface area contributed by atoms with E-state index in [1.165, 1.54) is 16.7 Å². The van der Waals surface area contributed by atoms with Crippen LogP contribution in [-0.2, 0) is 11.8 Å². The molecule has 0 fully saturated rings. The fraction of sp³-hybridized carbons (Fsp3) is 0.240. The molecule has 164 valence electrons. The number of methoxy groups -OCH3 is 1. The first kappa shape index (κ1) is 21.5. The molecule has 2 aromatic carbocycles. The number of nitrogens with zero attached hydrogens (tertiary/aromatic N) is 2. The first-order valence-electron chi connectivity index (χ1n) is 10.4. The lowest BCUT2D eigenvalue weighted by molar-refractivity contribution is -0.121. The van der Waals surface area contributed by atoms with Crippen LogP contribution in [0.1, 0.15) is 36.1 Å². The summed E-state index contributed by atoms with van der Waals surface area (Å²) < 4.78 is 20.6. The topological polar surface area (TPSA) is 72.7 Å². The number of hydrogen-bond donors (Lipinski definition) is 1. The van der Waals surface area contributed by atoms with Crippen LogP contribution >= 0.6 is 0 Å². The third kappa shape index (κ3) is 4.06. The number of rotatable bonds is 5. The van der Waals surface area contributed by atoms with E-state index in [1.807, 2.05) is 25.1 Å². The summed E-state index contributed by atoms with van der Waals surface area (Å²) in [5.74, 6) is 0.140. The van der Waals surface area contributed by atoms with Gasteiger partial charge >= 0.3 is 0 Å². The largest absolute Gasteiger partial charge is 0.497 e. The summed E-state index contributed by atoms with van der Waals surface area (Å²) in [6.07, 6.45) is 1.86. The van der Waals surface area contributed by atoms with Crippen molar-refractivity contribution in [3.05, 3.63) is 87.6 Å². The molecule has 0 aliphatic carbocycles. The molecule has 1 amide bonds. The van der Waals surface area contributed by atoms with Crippen LogP contribution in [0.5, 0.6) is 5.75 Å². The van der Waals surface area contributed by atoms with Crippen molar-refractivity contribution in [2.45, 2.75) is 19.4 Å². The van der Waals surface area contributed by atoms with Crippen LogP contribution in [0.3, 0.4) is 0 Å². The zero-order valence-electron chi connectivity index (χ0n) is 18.2. The van der Waals surface area contributed by atoms with Gasteiger partial charge in [0, 0.05) is 42.5 Å². The minimum atomic E-state index is -0.580. The Morgan fingerprint density at radius 1 is 1.12 bits per heavy atom. The Labute approximate surface area is 185 Å². The number of aromatic nitrogens is 1. The maximum absolute atomic E-state index is 13.6. The molecule has 4 rings (SSSR count). The number of benzene rings is 2. The van der Waals surface area contributed by atoms with E-state index in [0.717, 1.165) is 16.7 Å². The van der Waals surface area contributed by atoms with Crippen molar-refractivity contribution in [2.75, 3.05) is 13.7 Å². The minimum Gasteiger partial charge on any atom is -0.497 e. The van der Waals surface area contributed by atoms with E-state index in [9.17, 15) is 14.0 Å². The zero-order chi connectivity index (χ0) is 22.8. The number of halogens is 1. The lowest BCUT2D eigenvalue weighted by atomic mass is 9.91. The number of amides is 1. The number of carbonyl (C=O) groups excluding carboxylic acids is 1. The maximum Gasteiger partial charge on any atom is 0.250 e. The molecule has 0 spiro atoms. The number of fused-ring (bicyclic) bond motifs is 3. The van der Waals surface area contributed by atoms with Crippen LogP contribution in [0.2, 0.25) is 0 Å². The molecule has 0 radical (unpaired) electrons. The van der Waals surface area contributed by atoms with Gasteiger partial charge in [-0.15, -0.1) is 0 Å². The van der Waals surface area contributed by atoms with Gasteiger partial charge in [0.25, 0.3) is 5.56 Å². The molecule has 1 atom stereocenters. The summed E-state index contributed by atoms with van der Waals surface area (Å²) in [6, 6.07) is 12.7. The molecule has 6 nitrogen and oxygen atoms in total. The molecule has 3 aromatic rings. The molecular weight excluding hydrogens is 409 g/mol. The van der Waals surface area contributed by atoms with Gasteiger partial charge in [-0.3, -0.25) is 14.6 Å². The lowest BCUT2D eigenvalue weighted by Gasteiger charge is -2.16. The van der Waals surface area contributed by atoms with E-state index >= 15 is 0 Å². The molecule has 1 aromatic heterocycles. The van der Waals surface area contributed by atoms with Crippen LogP contribution in [0.15, 0.2) is 64.5 Å². The van der Waals surface area contributed by atoms with E-state index in [4.69, 9.17) is 9.73 Å². The second-order valence-corrected chi connectivity index (χ2v) is 7.66. The van der Waals surface area contributed by atoms with E-state index in [0.29, 0.717) is 29.1 Å². The third-order valence-electron chi connectivity index (χ3n) is 5.55. The SMILES string of the molecule is CCNC(=O)CC1N=C(c2ccc(F)cc2)c2cc(OC)ccc2-c2cn(C)c(=O)cc21. The van der Waals surface area contributed by atoms with E-state index < -0.39 is 6.04 Å². The Morgan fingerprint density at radius 2 is 1.88 bits per heavy atom. The van der Waals surface area contributed by atoms with Gasteiger partial charge in [0.05, 0.1) is 25.3 Å². The number of aliphatic imine (C=N–C) groups is 1. The van der Waals surface area contributed by atoms with Crippen molar-refractivity contribution in [3.8, 4) is 16.9 Å². The van der Waals surface area contributed by atoms with Gasteiger partial charge < -0.3 is 14.6 Å². The van der Waals surface area contributed by atoms with Crippen molar-refractivity contribution in [2.24, 2.45) is 12.0 Å². The first-order valence-corrected chi connectivity index (χ1v) is 10.4. The summed E-state index contributed by atoms with van der Waals surface area (Å²) in [5, 5.41) is 2.81. The number of carbonyl (C=O) groups is 1. The van der Waals surface area contributed by atoms with Gasteiger partial charge in [-0.05, 0) is 60.5 Å². The molecule has 0 saturated heterocycles. The third-order valence-corrected chi connectivity index (χ3v) is 5.55. The van der Waals surface area contributed by atoms with Gasteiger partial charge in [0.1, 0.15) is 11.6 Å². The monoisotopic (exact) mass is 433 g/mol. The van der Waals surface area contributed by atoms with Crippen molar-refractivity contribution >= 4 is 11.6 Å². The highest BCUT2D eigenvalue weighted by atomic mass is 19.1. The Kier molecular flexibility index (Phi) is 5.90. The smallest absolute Gasteiger partial charge is 0.250 e. The van der Waals surface area contributed by atoms with Crippen molar-refractivity contribution < 1.29 is 13.9 Å². The highest BCUT2D eigenvalue weighted by Crippen LogP contribution is 2.39. The second-order valence-electron chi connectivity index (χ2n) is 7.66. The van der Waals surface area contributed by atoms with Gasteiger partial charge in [-0.1, -0.05) is 0 Å². The number of aryl methyl sites for hydroxylation is 1. The molecule has 1 N–H and O–H groups in total. The summed E-state index contributed by atoms with van der Waals surface area (Å²) in [5.41, 5.74) is 4.29. The van der Waals surface area contributed by atoms with Crippen LogP contribution in [0.4, 0.5) is 4.39 Å². The van der Waals surface area contributed by atoms with E-state index in [-0.39, 0.29) is 23.7 Å². The Bertz CT molecular complexity index is 1260. The van der Waals surface area contributed by atoms with Crippen LogP contribution in [0, 0.1) is 5.82 Å². The summed E-state index contributed by atoms with van der Waals surface area (Å²) in [6.45, 7) is 2.35. The highest BCUT2D eigenvalue weighted by Gasteiger charge is 2.27. The van der Waals surface area contributed by atoms with Crippen molar-refractivity contribution in [1.82, 2.24) is 9.88 Å². The maximum atomic E-state index is 13.6. The molecule has 32 heavy (non-hydrogen) atoms. The summed E-state index contributed by atoms with van der Waals surface area (Å²) in [4.78, 5) is 30.0. The molecular formula is C25H24FN3O3. The number of hydrogen-bond acceptors (Lipinski definition) is 4. The predicted octanol–water partition coefficient (Wildman–Crippen LogP) is 3.62. The molecule has 1 unspecified atom stereocenters. The second kappa shape index (κ2) is 8.78. The number of ether oxygens (including phenoxy) is 1. The fourth-order valence-electron chi connectivity index (χ4n) is 3.96. The zero-order valence-corrected chi connectivity index (χ0v) is 18.2. The van der Waals surface area contributed by atoms with Gasteiger partial charge in [-0.25, -0.2) is 4.39 Å². The average Bonchev–Trinajstić information content (AvgIpc) is 2.90.